The van der Waals surface area contributed by atoms with Crippen molar-refractivity contribution in [1.82, 2.24) is 9.99 Å². The van der Waals surface area contributed by atoms with Crippen LogP contribution in [0.4, 0.5) is 11.4 Å². The highest BCUT2D eigenvalue weighted by molar-refractivity contribution is 7.92. The number of nitrogens with zero attached hydrogens (tertiary/aromatic N) is 4. The molecule has 200 valence electrons. The van der Waals surface area contributed by atoms with Crippen molar-refractivity contribution in [3.63, 3.8) is 0 Å². The molecule has 39 heavy (non-hydrogen) atoms. The molecule has 1 aromatic heterocycles. The van der Waals surface area contributed by atoms with E-state index in [2.05, 4.69) is 10.5 Å². The number of amides is 1. The number of anilines is 1. The second-order valence-electron chi connectivity index (χ2n) is 8.54. The van der Waals surface area contributed by atoms with E-state index < -0.39 is 27.4 Å². The van der Waals surface area contributed by atoms with Crippen LogP contribution in [0, 0.1) is 24.0 Å². The SMILES string of the molecule is Cc1cc(/C=N/NC(=O)CN(c2cccc([N+](=O)[O-])c2)S(=O)(=O)c2ccccc2)c(C)n1-c1cccc(Cl)c1. The third kappa shape index (κ3) is 6.16. The number of nitro benzene ring substituents is 1. The van der Waals surface area contributed by atoms with Gasteiger partial charge in [0.15, 0.2) is 0 Å². The lowest BCUT2D eigenvalue weighted by Gasteiger charge is -2.23. The minimum atomic E-state index is -4.23. The first-order valence-electron chi connectivity index (χ1n) is 11.7. The molecule has 0 spiro atoms. The average molecular weight is 566 g/mol. The molecule has 12 heteroatoms. The van der Waals surface area contributed by atoms with E-state index in [0.717, 1.165) is 33.0 Å². The van der Waals surface area contributed by atoms with E-state index in [0.29, 0.717) is 5.02 Å². The van der Waals surface area contributed by atoms with E-state index >= 15 is 0 Å². The Kier molecular flexibility index (Phi) is 8.12. The van der Waals surface area contributed by atoms with Gasteiger partial charge in [-0.2, -0.15) is 5.10 Å². The zero-order valence-electron chi connectivity index (χ0n) is 21.0. The second-order valence-corrected chi connectivity index (χ2v) is 10.8. The number of halogens is 1. The zero-order chi connectivity index (χ0) is 28.2. The van der Waals surface area contributed by atoms with Crippen LogP contribution in [0.15, 0.2) is 94.9 Å². The zero-order valence-corrected chi connectivity index (χ0v) is 22.6. The Balaban J connectivity index is 1.58. The van der Waals surface area contributed by atoms with Crippen LogP contribution in [0.25, 0.3) is 5.69 Å². The molecule has 3 aromatic carbocycles. The summed E-state index contributed by atoms with van der Waals surface area (Å²) in [6.07, 6.45) is 1.46. The Morgan fingerprint density at radius 2 is 1.77 bits per heavy atom. The maximum absolute atomic E-state index is 13.4. The molecule has 1 N–H and O–H groups in total. The van der Waals surface area contributed by atoms with Gasteiger partial charge in [0.2, 0.25) is 0 Å². The Morgan fingerprint density at radius 3 is 2.46 bits per heavy atom. The third-order valence-electron chi connectivity index (χ3n) is 5.88. The van der Waals surface area contributed by atoms with Crippen LogP contribution in [0.1, 0.15) is 17.0 Å². The van der Waals surface area contributed by atoms with Gasteiger partial charge in [0.25, 0.3) is 21.6 Å². The molecule has 0 aliphatic rings. The second kappa shape index (κ2) is 11.5. The fourth-order valence-corrected chi connectivity index (χ4v) is 5.69. The minimum absolute atomic E-state index is 0.0303. The molecule has 0 unspecified atom stereocenters. The quantitative estimate of drug-likeness (QED) is 0.173. The van der Waals surface area contributed by atoms with Crippen LogP contribution >= 0.6 is 11.6 Å². The first-order chi connectivity index (χ1) is 18.6. The average Bonchev–Trinajstić information content (AvgIpc) is 3.20. The standard InChI is InChI=1S/C27H24ClN5O5S/c1-19-14-21(20(2)32(19)24-10-6-8-22(28)15-24)17-29-30-27(34)18-31(23-9-7-11-25(16-23)33(35)36)39(37,38)26-12-4-3-5-13-26/h3-17H,18H2,1-2H3,(H,30,34)/b29-17+. The number of hydrogen-bond acceptors (Lipinski definition) is 6. The number of aromatic nitrogens is 1. The van der Waals surface area contributed by atoms with Crippen LogP contribution in [-0.4, -0.2) is 36.6 Å². The number of carbonyl (C=O) groups excluding carboxylic acids is 1. The number of rotatable bonds is 9. The van der Waals surface area contributed by atoms with Crippen LogP contribution in [-0.2, 0) is 14.8 Å². The van der Waals surface area contributed by atoms with Crippen molar-refractivity contribution in [3.05, 3.63) is 117 Å². The molecule has 0 saturated heterocycles. The number of sulfonamides is 1. The van der Waals surface area contributed by atoms with E-state index in [4.69, 9.17) is 11.6 Å². The van der Waals surface area contributed by atoms with Gasteiger partial charge in [0, 0.05) is 39.8 Å². The van der Waals surface area contributed by atoms with Crippen molar-refractivity contribution in [3.8, 4) is 5.69 Å². The van der Waals surface area contributed by atoms with Gasteiger partial charge in [-0.3, -0.25) is 19.2 Å². The molecule has 0 fully saturated rings. The largest absolute Gasteiger partial charge is 0.318 e. The Morgan fingerprint density at radius 1 is 1.05 bits per heavy atom. The highest BCUT2D eigenvalue weighted by atomic mass is 35.5. The van der Waals surface area contributed by atoms with Crippen molar-refractivity contribution in [1.29, 1.82) is 0 Å². The summed E-state index contributed by atoms with van der Waals surface area (Å²) in [4.78, 5) is 23.4. The van der Waals surface area contributed by atoms with Gasteiger partial charge >= 0.3 is 0 Å². The number of nitrogens with one attached hydrogen (secondary N) is 1. The summed E-state index contributed by atoms with van der Waals surface area (Å²) in [6, 6.07) is 21.9. The fraction of sp³-hybridized carbons (Fsp3) is 0.111. The summed E-state index contributed by atoms with van der Waals surface area (Å²) in [7, 11) is -4.23. The maximum atomic E-state index is 13.4. The number of aryl methyl sites for hydroxylation is 1. The van der Waals surface area contributed by atoms with E-state index in [1.807, 2.05) is 42.7 Å². The molecule has 0 saturated carbocycles. The van der Waals surface area contributed by atoms with Crippen LogP contribution in [0.5, 0.6) is 0 Å². The van der Waals surface area contributed by atoms with Crippen LogP contribution < -0.4 is 9.73 Å². The molecular weight excluding hydrogens is 542 g/mol. The monoisotopic (exact) mass is 565 g/mol. The van der Waals surface area contributed by atoms with Crippen LogP contribution in [0.2, 0.25) is 5.02 Å². The van der Waals surface area contributed by atoms with E-state index in [1.165, 1.54) is 36.5 Å². The van der Waals surface area contributed by atoms with Gasteiger partial charge in [0.05, 0.1) is 21.7 Å². The van der Waals surface area contributed by atoms with Gasteiger partial charge < -0.3 is 4.57 Å². The number of hydrazone groups is 1. The summed E-state index contributed by atoms with van der Waals surface area (Å²) in [5, 5.41) is 15.9. The molecule has 0 atom stereocenters. The number of carbonyl (C=O) groups is 1. The fourth-order valence-electron chi connectivity index (χ4n) is 4.07. The van der Waals surface area contributed by atoms with E-state index in [9.17, 15) is 23.3 Å². The van der Waals surface area contributed by atoms with Crippen LogP contribution in [0.3, 0.4) is 0 Å². The molecular formula is C27H24ClN5O5S. The molecule has 0 bridgehead atoms. The van der Waals surface area contributed by atoms with Gasteiger partial charge in [-0.15, -0.1) is 0 Å². The predicted molar refractivity (Wildman–Crippen MR) is 150 cm³/mol. The molecule has 0 aliphatic carbocycles. The van der Waals surface area contributed by atoms with E-state index in [1.54, 1.807) is 24.3 Å². The van der Waals surface area contributed by atoms with Crippen molar-refractivity contribution in [2.75, 3.05) is 10.8 Å². The molecule has 0 aliphatic heterocycles. The Labute approximate surface area is 230 Å². The maximum Gasteiger partial charge on any atom is 0.271 e. The summed E-state index contributed by atoms with van der Waals surface area (Å²) in [6.45, 7) is 3.17. The first-order valence-corrected chi connectivity index (χ1v) is 13.5. The first kappa shape index (κ1) is 27.6. The lowest BCUT2D eigenvalue weighted by molar-refractivity contribution is -0.384. The van der Waals surface area contributed by atoms with Crippen molar-refractivity contribution in [2.24, 2.45) is 5.10 Å². The van der Waals surface area contributed by atoms with Crippen molar-refractivity contribution in [2.45, 2.75) is 18.7 Å². The smallest absolute Gasteiger partial charge is 0.271 e. The Bertz CT molecular complexity index is 1670. The van der Waals surface area contributed by atoms with Crippen molar-refractivity contribution < 1.29 is 18.1 Å². The molecule has 1 heterocycles. The number of nitro groups is 1. The van der Waals surface area contributed by atoms with Gasteiger partial charge in [0.1, 0.15) is 6.54 Å². The lowest BCUT2D eigenvalue weighted by Crippen LogP contribution is -2.39. The normalized spacial score (nSPS) is 11.5. The molecule has 1 amide bonds. The number of non-ortho nitro benzene ring substituents is 1. The highest BCUT2D eigenvalue weighted by Gasteiger charge is 2.28. The predicted octanol–water partition coefficient (Wildman–Crippen LogP) is 5.00. The molecule has 10 nitrogen and oxygen atoms in total. The van der Waals surface area contributed by atoms with Gasteiger partial charge in [-0.25, -0.2) is 13.8 Å². The minimum Gasteiger partial charge on any atom is -0.318 e. The lowest BCUT2D eigenvalue weighted by atomic mass is 10.2. The van der Waals surface area contributed by atoms with E-state index in [-0.39, 0.29) is 16.3 Å². The third-order valence-corrected chi connectivity index (χ3v) is 7.90. The number of benzene rings is 3. The molecule has 4 rings (SSSR count). The summed E-state index contributed by atoms with van der Waals surface area (Å²) in [5.41, 5.74) is 5.41. The summed E-state index contributed by atoms with van der Waals surface area (Å²) >= 11 is 6.14. The molecule has 0 radical (unpaired) electrons. The summed E-state index contributed by atoms with van der Waals surface area (Å²) in [5.74, 6) is -0.735. The topological polar surface area (TPSA) is 127 Å². The van der Waals surface area contributed by atoms with Crippen molar-refractivity contribution >= 4 is 45.1 Å². The highest BCUT2D eigenvalue weighted by Crippen LogP contribution is 2.27. The Hall–Kier alpha value is -4.48. The molecule has 4 aromatic rings. The van der Waals surface area contributed by atoms with Gasteiger partial charge in [-0.1, -0.05) is 41.9 Å². The summed E-state index contributed by atoms with van der Waals surface area (Å²) < 4.78 is 29.6. The number of hydrogen-bond donors (Lipinski definition) is 1. The van der Waals surface area contributed by atoms with Gasteiger partial charge in [-0.05, 0) is 56.3 Å².